The number of rotatable bonds is 5. The first kappa shape index (κ1) is 19.6. The molecule has 2 heterocycles. The lowest BCUT2D eigenvalue weighted by atomic mass is 9.97. The Bertz CT molecular complexity index is 1260. The first-order valence-electron chi connectivity index (χ1n) is 10.2. The van der Waals surface area contributed by atoms with E-state index in [9.17, 15) is 5.26 Å². The topological polar surface area (TPSA) is 54.5 Å². The van der Waals surface area contributed by atoms with Crippen molar-refractivity contribution in [3.05, 3.63) is 101 Å². The van der Waals surface area contributed by atoms with Crippen molar-refractivity contribution >= 4 is 16.7 Å². The van der Waals surface area contributed by atoms with Crippen molar-refractivity contribution in [2.75, 3.05) is 0 Å². The Morgan fingerprint density at radius 1 is 1.00 bits per heavy atom. The van der Waals surface area contributed by atoms with Crippen LogP contribution < -0.4 is 0 Å². The van der Waals surface area contributed by atoms with E-state index < -0.39 is 0 Å². The van der Waals surface area contributed by atoms with Crippen molar-refractivity contribution in [1.29, 1.82) is 5.26 Å². The number of nitriles is 1. The van der Waals surface area contributed by atoms with E-state index in [1.807, 2.05) is 37.3 Å². The third kappa shape index (κ3) is 3.75. The molecule has 0 atom stereocenters. The Labute approximate surface area is 177 Å². The zero-order valence-corrected chi connectivity index (χ0v) is 17.6. The Kier molecular flexibility index (Phi) is 5.45. The van der Waals surface area contributed by atoms with Gasteiger partial charge in [0, 0.05) is 18.2 Å². The average Bonchev–Trinajstić information content (AvgIpc) is 3.11. The van der Waals surface area contributed by atoms with E-state index in [1.54, 1.807) is 6.08 Å². The van der Waals surface area contributed by atoms with Crippen LogP contribution in [0.15, 0.2) is 66.7 Å². The van der Waals surface area contributed by atoms with Crippen LogP contribution in [0.4, 0.5) is 0 Å². The summed E-state index contributed by atoms with van der Waals surface area (Å²) >= 11 is 0. The molecule has 4 heteroatoms. The molecule has 0 amide bonds. The standard InChI is InChI=1S/C26H24N4/c1-4-24-29-25-18(2)16-19(3)28-26(25)30(24)17-20-10-12-22(13-11-20)23(14-15-27)21-8-6-5-7-9-21/h5-14,16H,4,17H2,1-3H3. The molecule has 148 valence electrons. The molecule has 4 rings (SSSR count). The van der Waals surface area contributed by atoms with Crippen LogP contribution in [0.3, 0.4) is 0 Å². The van der Waals surface area contributed by atoms with Crippen LogP contribution in [0.5, 0.6) is 0 Å². The minimum Gasteiger partial charge on any atom is -0.308 e. The highest BCUT2D eigenvalue weighted by atomic mass is 15.1. The summed E-state index contributed by atoms with van der Waals surface area (Å²) in [6.07, 6.45) is 2.47. The third-order valence-electron chi connectivity index (χ3n) is 5.32. The maximum Gasteiger partial charge on any atom is 0.160 e. The minimum absolute atomic E-state index is 0.721. The molecule has 4 nitrogen and oxygen atoms in total. The van der Waals surface area contributed by atoms with Crippen molar-refractivity contribution in [3.8, 4) is 6.07 Å². The quantitative estimate of drug-likeness (QED) is 0.415. The van der Waals surface area contributed by atoms with Gasteiger partial charge >= 0.3 is 0 Å². The molecule has 4 aromatic rings. The molecular formula is C26H24N4. The van der Waals surface area contributed by atoms with Crippen LogP contribution in [-0.4, -0.2) is 14.5 Å². The number of aromatic nitrogens is 3. The molecule has 0 radical (unpaired) electrons. The highest BCUT2D eigenvalue weighted by molar-refractivity contribution is 5.81. The molecule has 2 aromatic carbocycles. The number of hydrogen-bond donors (Lipinski definition) is 0. The first-order chi connectivity index (χ1) is 14.6. The van der Waals surface area contributed by atoms with E-state index in [-0.39, 0.29) is 0 Å². The summed E-state index contributed by atoms with van der Waals surface area (Å²) in [7, 11) is 0. The van der Waals surface area contributed by atoms with Crippen LogP contribution in [-0.2, 0) is 13.0 Å². The molecule has 0 N–H and O–H groups in total. The molecule has 0 unspecified atom stereocenters. The normalized spacial score (nSPS) is 11.6. The molecule has 30 heavy (non-hydrogen) atoms. The van der Waals surface area contributed by atoms with Crippen molar-refractivity contribution in [1.82, 2.24) is 14.5 Å². The summed E-state index contributed by atoms with van der Waals surface area (Å²) in [5, 5.41) is 9.24. The van der Waals surface area contributed by atoms with Gasteiger partial charge in [-0.25, -0.2) is 9.97 Å². The van der Waals surface area contributed by atoms with E-state index in [0.717, 1.165) is 57.9 Å². The largest absolute Gasteiger partial charge is 0.308 e. The number of imidazole rings is 1. The third-order valence-corrected chi connectivity index (χ3v) is 5.32. The van der Waals surface area contributed by atoms with Crippen LogP contribution in [0, 0.1) is 25.2 Å². The number of fused-ring (bicyclic) bond motifs is 1. The van der Waals surface area contributed by atoms with Crippen LogP contribution >= 0.6 is 0 Å². The molecule has 0 spiro atoms. The van der Waals surface area contributed by atoms with E-state index in [4.69, 9.17) is 9.97 Å². The van der Waals surface area contributed by atoms with E-state index >= 15 is 0 Å². The van der Waals surface area contributed by atoms with Crippen molar-refractivity contribution < 1.29 is 0 Å². The van der Waals surface area contributed by atoms with Gasteiger partial charge in [-0.1, -0.05) is 61.5 Å². The van der Waals surface area contributed by atoms with Gasteiger partial charge in [-0.05, 0) is 47.7 Å². The molecule has 0 aliphatic heterocycles. The first-order valence-corrected chi connectivity index (χ1v) is 10.2. The molecule has 0 fully saturated rings. The Morgan fingerprint density at radius 2 is 1.70 bits per heavy atom. The van der Waals surface area contributed by atoms with Gasteiger partial charge in [-0.2, -0.15) is 5.26 Å². The lowest BCUT2D eigenvalue weighted by Gasteiger charge is -2.11. The molecule has 0 saturated carbocycles. The second-order valence-electron chi connectivity index (χ2n) is 7.47. The summed E-state index contributed by atoms with van der Waals surface area (Å²) in [6.45, 7) is 6.96. The molecule has 0 saturated heterocycles. The van der Waals surface area contributed by atoms with Gasteiger partial charge in [0.25, 0.3) is 0 Å². The molecular weight excluding hydrogens is 368 g/mol. The van der Waals surface area contributed by atoms with Crippen LogP contribution in [0.2, 0.25) is 0 Å². The Balaban J connectivity index is 1.69. The monoisotopic (exact) mass is 392 g/mol. The summed E-state index contributed by atoms with van der Waals surface area (Å²) < 4.78 is 2.22. The number of nitrogens with zero attached hydrogens (tertiary/aromatic N) is 4. The van der Waals surface area contributed by atoms with E-state index in [1.165, 1.54) is 5.56 Å². The van der Waals surface area contributed by atoms with Crippen molar-refractivity contribution in [2.45, 2.75) is 33.7 Å². The lowest BCUT2D eigenvalue weighted by Crippen LogP contribution is -2.05. The van der Waals surface area contributed by atoms with Gasteiger partial charge in [0.2, 0.25) is 0 Å². The predicted octanol–water partition coefficient (Wildman–Crippen LogP) is 5.61. The van der Waals surface area contributed by atoms with Gasteiger partial charge < -0.3 is 4.57 Å². The maximum atomic E-state index is 9.24. The number of allylic oxidation sites excluding steroid dienone is 1. The van der Waals surface area contributed by atoms with Crippen molar-refractivity contribution in [3.63, 3.8) is 0 Å². The average molecular weight is 393 g/mol. The Morgan fingerprint density at radius 3 is 2.37 bits per heavy atom. The number of aryl methyl sites for hydroxylation is 3. The highest BCUT2D eigenvalue weighted by Gasteiger charge is 2.14. The van der Waals surface area contributed by atoms with Gasteiger partial charge in [-0.3, -0.25) is 0 Å². The molecule has 0 aliphatic carbocycles. The second-order valence-corrected chi connectivity index (χ2v) is 7.47. The smallest absolute Gasteiger partial charge is 0.160 e. The van der Waals surface area contributed by atoms with Crippen LogP contribution in [0.1, 0.15) is 40.7 Å². The van der Waals surface area contributed by atoms with Crippen molar-refractivity contribution in [2.24, 2.45) is 0 Å². The number of pyridine rings is 1. The summed E-state index contributed by atoms with van der Waals surface area (Å²) in [5.41, 5.74) is 8.28. The predicted molar refractivity (Wildman–Crippen MR) is 121 cm³/mol. The van der Waals surface area contributed by atoms with Crippen LogP contribution in [0.25, 0.3) is 16.7 Å². The maximum absolute atomic E-state index is 9.24. The fourth-order valence-corrected chi connectivity index (χ4v) is 3.87. The fraction of sp³-hybridized carbons (Fsp3) is 0.192. The lowest BCUT2D eigenvalue weighted by molar-refractivity contribution is 0.745. The van der Waals surface area contributed by atoms with Gasteiger partial charge in [0.1, 0.15) is 11.3 Å². The Hall–Kier alpha value is -3.71. The SMILES string of the molecule is CCc1nc2c(C)cc(C)nc2n1Cc1ccc(C(=CC#N)c2ccccc2)cc1. The number of benzene rings is 2. The zero-order valence-electron chi connectivity index (χ0n) is 17.6. The second kappa shape index (κ2) is 8.34. The zero-order chi connectivity index (χ0) is 21.1. The van der Waals surface area contributed by atoms with Gasteiger partial charge in [-0.15, -0.1) is 0 Å². The number of hydrogen-bond acceptors (Lipinski definition) is 3. The summed E-state index contributed by atoms with van der Waals surface area (Å²) in [6, 6.07) is 22.7. The molecule has 2 aromatic heterocycles. The molecule has 0 aliphatic rings. The van der Waals surface area contributed by atoms with Gasteiger partial charge in [0.05, 0.1) is 12.6 Å². The highest BCUT2D eigenvalue weighted by Crippen LogP contribution is 2.25. The summed E-state index contributed by atoms with van der Waals surface area (Å²) in [4.78, 5) is 9.60. The summed E-state index contributed by atoms with van der Waals surface area (Å²) in [5.74, 6) is 1.05. The molecule has 0 bridgehead atoms. The van der Waals surface area contributed by atoms with Gasteiger partial charge in [0.15, 0.2) is 5.65 Å². The fourth-order valence-electron chi connectivity index (χ4n) is 3.87. The van der Waals surface area contributed by atoms with E-state index in [0.29, 0.717) is 0 Å². The minimum atomic E-state index is 0.721. The van der Waals surface area contributed by atoms with E-state index in [2.05, 4.69) is 54.8 Å².